The molecule has 0 amide bonds. The third kappa shape index (κ3) is 1.94. The first-order valence-corrected chi connectivity index (χ1v) is 7.27. The van der Waals surface area contributed by atoms with E-state index in [1.165, 1.54) is 17.4 Å². The lowest BCUT2D eigenvalue weighted by atomic mass is 10.2. The summed E-state index contributed by atoms with van der Waals surface area (Å²) in [6, 6.07) is 1.30. The monoisotopic (exact) mass is 335 g/mol. The summed E-state index contributed by atoms with van der Waals surface area (Å²) in [5, 5.41) is 7.62. The molecule has 0 radical (unpaired) electrons. The van der Waals surface area contributed by atoms with Gasteiger partial charge in [0.2, 0.25) is 0 Å². The molecule has 4 rings (SSSR count). The van der Waals surface area contributed by atoms with Gasteiger partial charge in [-0.25, -0.2) is 19.3 Å². The fourth-order valence-corrected chi connectivity index (χ4v) is 3.12. The molecule has 10 heteroatoms. The zero-order chi connectivity index (χ0) is 15.3. The maximum absolute atomic E-state index is 13.5. The average Bonchev–Trinajstić information content (AvgIpc) is 3.16. The number of hydrogen-bond acceptors (Lipinski definition) is 6. The van der Waals surface area contributed by atoms with Crippen LogP contribution in [0.15, 0.2) is 24.8 Å². The Morgan fingerprint density at radius 3 is 3.09 bits per heavy atom. The van der Waals surface area contributed by atoms with Gasteiger partial charge in [-0.05, 0) is 6.07 Å². The SMILES string of the molecule is Nc1nc2[nH]nc(-n3cncc3-c3cc(F)cnc3Cl)c2s1. The van der Waals surface area contributed by atoms with Crippen molar-refractivity contribution in [1.82, 2.24) is 29.7 Å². The molecule has 0 aliphatic rings. The first kappa shape index (κ1) is 13.2. The number of nitrogens with one attached hydrogen (secondary N) is 1. The second-order valence-electron chi connectivity index (χ2n) is 4.42. The normalized spacial score (nSPS) is 11.4. The summed E-state index contributed by atoms with van der Waals surface area (Å²) in [6.07, 6.45) is 4.18. The maximum atomic E-state index is 13.5. The highest BCUT2D eigenvalue weighted by Gasteiger charge is 2.18. The summed E-state index contributed by atoms with van der Waals surface area (Å²) in [5.41, 5.74) is 7.28. The Morgan fingerprint density at radius 2 is 2.23 bits per heavy atom. The number of anilines is 1. The van der Waals surface area contributed by atoms with Crippen molar-refractivity contribution in [3.8, 4) is 17.1 Å². The number of halogens is 2. The Morgan fingerprint density at radius 1 is 1.36 bits per heavy atom. The van der Waals surface area contributed by atoms with Crippen LogP contribution in [0.1, 0.15) is 0 Å². The molecule has 0 saturated carbocycles. The van der Waals surface area contributed by atoms with Gasteiger partial charge in [0.25, 0.3) is 0 Å². The Bertz CT molecular complexity index is 989. The van der Waals surface area contributed by atoms with Gasteiger partial charge in [0.1, 0.15) is 22.0 Å². The molecule has 22 heavy (non-hydrogen) atoms. The van der Waals surface area contributed by atoms with E-state index < -0.39 is 5.82 Å². The van der Waals surface area contributed by atoms with Crippen LogP contribution in [0.4, 0.5) is 9.52 Å². The molecule has 0 atom stereocenters. The van der Waals surface area contributed by atoms with E-state index >= 15 is 0 Å². The smallest absolute Gasteiger partial charge is 0.182 e. The van der Waals surface area contributed by atoms with Crippen LogP contribution in [-0.4, -0.2) is 29.7 Å². The first-order chi connectivity index (χ1) is 10.6. The molecule has 0 unspecified atom stereocenters. The summed E-state index contributed by atoms with van der Waals surface area (Å²) < 4.78 is 15.9. The van der Waals surface area contributed by atoms with Crippen LogP contribution < -0.4 is 5.73 Å². The van der Waals surface area contributed by atoms with Crippen molar-refractivity contribution in [2.45, 2.75) is 0 Å². The highest BCUT2D eigenvalue weighted by atomic mass is 35.5. The van der Waals surface area contributed by atoms with Gasteiger partial charge in [-0.3, -0.25) is 9.67 Å². The molecule has 0 bridgehead atoms. The lowest BCUT2D eigenvalue weighted by Gasteiger charge is -2.06. The molecule has 4 heterocycles. The second-order valence-corrected chi connectivity index (χ2v) is 5.81. The number of rotatable bonds is 2. The van der Waals surface area contributed by atoms with Gasteiger partial charge in [0.15, 0.2) is 16.6 Å². The number of H-pyrrole nitrogens is 1. The predicted molar refractivity (Wildman–Crippen MR) is 81.5 cm³/mol. The molecule has 0 fully saturated rings. The van der Waals surface area contributed by atoms with E-state index in [0.717, 1.165) is 10.9 Å². The van der Waals surface area contributed by atoms with E-state index in [-0.39, 0.29) is 5.15 Å². The molecule has 7 nitrogen and oxygen atoms in total. The largest absolute Gasteiger partial charge is 0.375 e. The Balaban J connectivity index is 1.95. The zero-order valence-electron chi connectivity index (χ0n) is 10.8. The zero-order valence-corrected chi connectivity index (χ0v) is 12.4. The predicted octanol–water partition coefficient (Wildman–Crippen LogP) is 2.64. The molecular formula is C12H7ClFN7S. The average molecular weight is 336 g/mol. The summed E-state index contributed by atoms with van der Waals surface area (Å²) >= 11 is 7.36. The summed E-state index contributed by atoms with van der Waals surface area (Å²) in [4.78, 5) is 12.0. The number of pyridine rings is 1. The van der Waals surface area contributed by atoms with Crippen LogP contribution in [0.3, 0.4) is 0 Å². The van der Waals surface area contributed by atoms with Crippen molar-refractivity contribution in [3.63, 3.8) is 0 Å². The molecule has 0 aliphatic heterocycles. The van der Waals surface area contributed by atoms with Gasteiger partial charge in [0, 0.05) is 5.56 Å². The quantitative estimate of drug-likeness (QED) is 0.549. The fraction of sp³-hybridized carbons (Fsp3) is 0. The number of aromatic amines is 1. The number of thiazole rings is 1. The summed E-state index contributed by atoms with van der Waals surface area (Å²) in [5.74, 6) is 0.0818. The highest BCUT2D eigenvalue weighted by molar-refractivity contribution is 7.22. The van der Waals surface area contributed by atoms with Crippen LogP contribution in [-0.2, 0) is 0 Å². The minimum atomic E-state index is -0.485. The van der Waals surface area contributed by atoms with Gasteiger partial charge < -0.3 is 5.73 Å². The summed E-state index contributed by atoms with van der Waals surface area (Å²) in [7, 11) is 0. The van der Waals surface area contributed by atoms with Crippen molar-refractivity contribution in [2.75, 3.05) is 5.73 Å². The van der Waals surface area contributed by atoms with E-state index in [4.69, 9.17) is 17.3 Å². The van der Waals surface area contributed by atoms with Gasteiger partial charge in [0.05, 0.1) is 18.1 Å². The van der Waals surface area contributed by atoms with Gasteiger partial charge in [-0.15, -0.1) is 0 Å². The number of hydrogen-bond donors (Lipinski definition) is 2. The first-order valence-electron chi connectivity index (χ1n) is 6.08. The van der Waals surface area contributed by atoms with Gasteiger partial charge in [-0.2, -0.15) is 5.10 Å². The van der Waals surface area contributed by atoms with Gasteiger partial charge in [-0.1, -0.05) is 22.9 Å². The highest BCUT2D eigenvalue weighted by Crippen LogP contribution is 2.32. The van der Waals surface area contributed by atoms with E-state index in [9.17, 15) is 4.39 Å². The Kier molecular flexibility index (Phi) is 2.84. The Hall–Kier alpha value is -2.52. The standard InChI is InChI=1S/C12H7ClFN7S/c13-9-6(1-5(14)2-17-9)7-3-16-4-21(7)11-8-10(19-20-11)18-12(15)22-8/h1-4H,(H3,15,18,19,20). The molecular weight excluding hydrogens is 329 g/mol. The lowest BCUT2D eigenvalue weighted by molar-refractivity contribution is 0.622. The molecule has 0 saturated heterocycles. The van der Waals surface area contributed by atoms with Crippen molar-refractivity contribution >= 4 is 38.4 Å². The van der Waals surface area contributed by atoms with Gasteiger partial charge >= 0.3 is 0 Å². The summed E-state index contributed by atoms with van der Waals surface area (Å²) in [6.45, 7) is 0. The van der Waals surface area contributed by atoms with Crippen LogP contribution >= 0.6 is 22.9 Å². The lowest BCUT2D eigenvalue weighted by Crippen LogP contribution is -1.97. The third-order valence-corrected chi connectivity index (χ3v) is 4.24. The maximum Gasteiger partial charge on any atom is 0.182 e. The van der Waals surface area contributed by atoms with Crippen LogP contribution in [0.25, 0.3) is 27.4 Å². The van der Waals surface area contributed by atoms with Crippen LogP contribution in [0.2, 0.25) is 5.15 Å². The molecule has 110 valence electrons. The van der Waals surface area contributed by atoms with Crippen molar-refractivity contribution < 1.29 is 4.39 Å². The van der Waals surface area contributed by atoms with E-state index in [2.05, 4.69) is 25.1 Å². The van der Waals surface area contributed by atoms with Crippen LogP contribution in [0.5, 0.6) is 0 Å². The molecule has 4 aromatic rings. The molecule has 0 spiro atoms. The number of nitrogens with zero attached hydrogens (tertiary/aromatic N) is 5. The number of nitrogens with two attached hydrogens (primary N) is 1. The van der Waals surface area contributed by atoms with E-state index in [0.29, 0.717) is 27.9 Å². The van der Waals surface area contributed by atoms with Crippen molar-refractivity contribution in [3.05, 3.63) is 35.8 Å². The minimum absolute atomic E-state index is 0.179. The minimum Gasteiger partial charge on any atom is -0.375 e. The van der Waals surface area contributed by atoms with E-state index in [1.807, 2.05) is 0 Å². The fourth-order valence-electron chi connectivity index (χ4n) is 2.15. The topological polar surface area (TPSA) is 98.3 Å². The number of fused-ring (bicyclic) bond motifs is 1. The van der Waals surface area contributed by atoms with Crippen molar-refractivity contribution in [2.24, 2.45) is 0 Å². The second kappa shape index (κ2) is 4.75. The number of aromatic nitrogens is 6. The van der Waals surface area contributed by atoms with Crippen molar-refractivity contribution in [1.29, 1.82) is 0 Å². The molecule has 0 aromatic carbocycles. The molecule has 4 aromatic heterocycles. The Labute approximate surface area is 131 Å². The third-order valence-electron chi connectivity index (χ3n) is 3.06. The number of nitrogen functional groups attached to an aromatic ring is 1. The molecule has 3 N–H and O–H groups in total. The molecule has 0 aliphatic carbocycles. The van der Waals surface area contributed by atoms with E-state index in [1.54, 1.807) is 17.1 Å². The number of imidazole rings is 1. The van der Waals surface area contributed by atoms with Crippen LogP contribution in [0, 0.1) is 5.82 Å².